The summed E-state index contributed by atoms with van der Waals surface area (Å²) in [5.74, 6) is 1.46. The molecule has 0 aromatic heterocycles. The standard InChI is InChI=1S/C24H30N2O5/c1-6-15(3)26-14-17-10-18(8-9-22(17)31-21(7-2)24(26)28)25-23(27)16-11-19(29-4)13-20(12-16)30-5/h8-13,15,21H,6-7,14H2,1-5H3,(H,25,27)/t15-,21+/m0/s1. The van der Waals surface area contributed by atoms with Crippen LogP contribution in [-0.2, 0) is 11.3 Å². The van der Waals surface area contributed by atoms with Crippen molar-refractivity contribution >= 4 is 17.5 Å². The van der Waals surface area contributed by atoms with Crippen LogP contribution in [0.5, 0.6) is 17.2 Å². The predicted molar refractivity (Wildman–Crippen MR) is 119 cm³/mol. The summed E-state index contributed by atoms with van der Waals surface area (Å²) < 4.78 is 16.5. The number of amides is 2. The first-order chi connectivity index (χ1) is 14.9. The molecule has 0 saturated carbocycles. The average molecular weight is 427 g/mol. The number of carbonyl (C=O) groups excluding carboxylic acids is 2. The van der Waals surface area contributed by atoms with Crippen molar-refractivity contribution in [1.29, 1.82) is 0 Å². The van der Waals surface area contributed by atoms with Gasteiger partial charge in [-0.15, -0.1) is 0 Å². The molecule has 2 amide bonds. The van der Waals surface area contributed by atoms with Crippen molar-refractivity contribution in [1.82, 2.24) is 4.90 Å². The molecular weight excluding hydrogens is 396 g/mol. The van der Waals surface area contributed by atoms with Gasteiger partial charge in [0.15, 0.2) is 6.10 Å². The Bertz CT molecular complexity index is 937. The van der Waals surface area contributed by atoms with Gasteiger partial charge in [0.25, 0.3) is 11.8 Å². The second-order valence-corrected chi connectivity index (χ2v) is 7.62. The number of fused-ring (bicyclic) bond motifs is 1. The number of methoxy groups -OCH3 is 2. The first-order valence-electron chi connectivity index (χ1n) is 10.5. The van der Waals surface area contributed by atoms with Gasteiger partial charge in [-0.1, -0.05) is 13.8 Å². The monoisotopic (exact) mass is 426 g/mol. The lowest BCUT2D eigenvalue weighted by molar-refractivity contribution is -0.140. The van der Waals surface area contributed by atoms with Gasteiger partial charge >= 0.3 is 0 Å². The molecule has 2 aromatic rings. The Morgan fingerprint density at radius 2 is 1.84 bits per heavy atom. The Kier molecular flexibility index (Phi) is 7.05. The highest BCUT2D eigenvalue weighted by Crippen LogP contribution is 2.31. The van der Waals surface area contributed by atoms with Crippen molar-refractivity contribution in [2.45, 2.75) is 52.3 Å². The van der Waals surface area contributed by atoms with Gasteiger partial charge in [0.2, 0.25) is 0 Å². The molecule has 7 nitrogen and oxygen atoms in total. The molecule has 0 radical (unpaired) electrons. The van der Waals surface area contributed by atoms with E-state index in [0.717, 1.165) is 12.0 Å². The van der Waals surface area contributed by atoms with Crippen LogP contribution < -0.4 is 19.5 Å². The SMILES string of the molecule is CC[C@H]1Oc2ccc(NC(=O)c3cc(OC)cc(OC)c3)cc2CN([C@@H](C)CC)C1=O. The third kappa shape index (κ3) is 4.93. The molecule has 1 aliphatic heterocycles. The van der Waals surface area contributed by atoms with Crippen molar-refractivity contribution < 1.29 is 23.8 Å². The van der Waals surface area contributed by atoms with Gasteiger partial charge in [-0.05, 0) is 50.1 Å². The van der Waals surface area contributed by atoms with Gasteiger partial charge in [-0.25, -0.2) is 0 Å². The topological polar surface area (TPSA) is 77.1 Å². The molecule has 0 unspecified atom stereocenters. The Balaban J connectivity index is 1.88. The molecule has 1 N–H and O–H groups in total. The van der Waals surface area contributed by atoms with Crippen molar-refractivity contribution in [2.24, 2.45) is 0 Å². The minimum atomic E-state index is -0.500. The number of ether oxygens (including phenoxy) is 3. The van der Waals surface area contributed by atoms with Crippen molar-refractivity contribution in [2.75, 3.05) is 19.5 Å². The summed E-state index contributed by atoms with van der Waals surface area (Å²) >= 11 is 0. The van der Waals surface area contributed by atoms with E-state index in [1.165, 1.54) is 14.2 Å². The molecule has 0 saturated heterocycles. The van der Waals surface area contributed by atoms with Crippen LogP contribution in [0.2, 0.25) is 0 Å². The molecule has 31 heavy (non-hydrogen) atoms. The maximum atomic E-state index is 12.9. The lowest BCUT2D eigenvalue weighted by Gasteiger charge is -2.28. The van der Waals surface area contributed by atoms with Gasteiger partial charge < -0.3 is 24.4 Å². The first kappa shape index (κ1) is 22.5. The van der Waals surface area contributed by atoms with Crippen LogP contribution in [0.25, 0.3) is 0 Å². The zero-order valence-electron chi connectivity index (χ0n) is 18.7. The zero-order valence-corrected chi connectivity index (χ0v) is 18.7. The predicted octanol–water partition coefficient (Wildman–Crippen LogP) is 4.25. The number of hydrogen-bond donors (Lipinski definition) is 1. The van der Waals surface area contributed by atoms with Crippen molar-refractivity contribution in [3.63, 3.8) is 0 Å². The van der Waals surface area contributed by atoms with Crippen LogP contribution in [0.4, 0.5) is 5.69 Å². The average Bonchev–Trinajstić information content (AvgIpc) is 2.93. The third-order valence-corrected chi connectivity index (χ3v) is 5.59. The molecule has 0 bridgehead atoms. The summed E-state index contributed by atoms with van der Waals surface area (Å²) in [5.41, 5.74) is 1.91. The molecule has 0 spiro atoms. The van der Waals surface area contributed by atoms with Crippen LogP contribution >= 0.6 is 0 Å². The molecule has 3 rings (SSSR count). The molecule has 0 fully saturated rings. The highest BCUT2D eigenvalue weighted by atomic mass is 16.5. The molecule has 1 heterocycles. The third-order valence-electron chi connectivity index (χ3n) is 5.59. The van der Waals surface area contributed by atoms with E-state index in [1.807, 2.05) is 30.9 Å². The van der Waals surface area contributed by atoms with E-state index in [0.29, 0.717) is 41.5 Å². The van der Waals surface area contributed by atoms with E-state index < -0.39 is 6.10 Å². The van der Waals surface area contributed by atoms with Crippen LogP contribution in [0.3, 0.4) is 0 Å². The van der Waals surface area contributed by atoms with Crippen LogP contribution in [0, 0.1) is 0 Å². The smallest absolute Gasteiger partial charge is 0.264 e. The van der Waals surface area contributed by atoms with E-state index in [1.54, 1.807) is 24.3 Å². The van der Waals surface area contributed by atoms with E-state index in [9.17, 15) is 9.59 Å². The van der Waals surface area contributed by atoms with E-state index in [4.69, 9.17) is 14.2 Å². The van der Waals surface area contributed by atoms with Gasteiger partial charge in [0, 0.05) is 35.5 Å². The Labute approximate surface area is 183 Å². The highest BCUT2D eigenvalue weighted by molar-refractivity contribution is 6.05. The quantitative estimate of drug-likeness (QED) is 0.716. The molecule has 2 aromatic carbocycles. The maximum absolute atomic E-state index is 12.9. The molecule has 0 aliphatic carbocycles. The second-order valence-electron chi connectivity index (χ2n) is 7.62. The van der Waals surface area contributed by atoms with Crippen LogP contribution in [0.15, 0.2) is 36.4 Å². The summed E-state index contributed by atoms with van der Waals surface area (Å²) in [6.07, 6.45) is 0.951. The Hall–Kier alpha value is -3.22. The van der Waals surface area contributed by atoms with Gasteiger partial charge in [0.1, 0.15) is 17.2 Å². The number of rotatable bonds is 7. The lowest BCUT2D eigenvalue weighted by atomic mass is 10.1. The molecule has 2 atom stereocenters. The van der Waals surface area contributed by atoms with Crippen LogP contribution in [-0.4, -0.2) is 43.1 Å². The first-order valence-corrected chi connectivity index (χ1v) is 10.5. The van der Waals surface area contributed by atoms with Crippen LogP contribution in [0.1, 0.15) is 49.5 Å². The summed E-state index contributed by atoms with van der Waals surface area (Å²) in [6, 6.07) is 10.6. The number of nitrogens with zero attached hydrogens (tertiary/aromatic N) is 1. The van der Waals surface area contributed by atoms with Crippen molar-refractivity contribution in [3.8, 4) is 17.2 Å². The fourth-order valence-electron chi connectivity index (χ4n) is 3.54. The lowest BCUT2D eigenvalue weighted by Crippen LogP contribution is -2.43. The zero-order chi connectivity index (χ0) is 22.5. The minimum absolute atomic E-state index is 0.00195. The highest BCUT2D eigenvalue weighted by Gasteiger charge is 2.32. The molecule has 7 heteroatoms. The second kappa shape index (κ2) is 9.73. The van der Waals surface area contributed by atoms with Gasteiger partial charge in [-0.2, -0.15) is 0 Å². The summed E-state index contributed by atoms with van der Waals surface area (Å²) in [4.78, 5) is 27.6. The number of hydrogen-bond acceptors (Lipinski definition) is 5. The molecular formula is C24H30N2O5. The maximum Gasteiger partial charge on any atom is 0.264 e. The van der Waals surface area contributed by atoms with Gasteiger partial charge in [0.05, 0.1) is 14.2 Å². The summed E-state index contributed by atoms with van der Waals surface area (Å²) in [7, 11) is 3.08. The number of carbonyl (C=O) groups is 2. The van der Waals surface area contributed by atoms with E-state index >= 15 is 0 Å². The molecule has 1 aliphatic rings. The van der Waals surface area contributed by atoms with Crippen molar-refractivity contribution in [3.05, 3.63) is 47.5 Å². The molecule has 166 valence electrons. The van der Waals surface area contributed by atoms with E-state index in [2.05, 4.69) is 12.2 Å². The minimum Gasteiger partial charge on any atom is -0.497 e. The fraction of sp³-hybridized carbons (Fsp3) is 0.417. The largest absolute Gasteiger partial charge is 0.497 e. The summed E-state index contributed by atoms with van der Waals surface area (Å²) in [5, 5.41) is 2.92. The fourth-order valence-corrected chi connectivity index (χ4v) is 3.54. The number of anilines is 1. The Morgan fingerprint density at radius 3 is 2.42 bits per heavy atom. The van der Waals surface area contributed by atoms with Gasteiger partial charge in [-0.3, -0.25) is 9.59 Å². The number of nitrogens with one attached hydrogen (secondary N) is 1. The van der Waals surface area contributed by atoms with E-state index in [-0.39, 0.29) is 17.9 Å². The normalized spacial score (nSPS) is 16.6. The Morgan fingerprint density at radius 1 is 1.16 bits per heavy atom. The number of benzene rings is 2. The summed E-state index contributed by atoms with van der Waals surface area (Å²) in [6.45, 7) is 6.48.